The van der Waals surface area contributed by atoms with Gasteiger partial charge in [0.2, 0.25) is 0 Å². The maximum Gasteiger partial charge on any atom is 0.273 e. The van der Waals surface area contributed by atoms with Crippen molar-refractivity contribution in [1.29, 1.82) is 0 Å². The molecule has 0 bridgehead atoms. The number of nitro groups is 1. The summed E-state index contributed by atoms with van der Waals surface area (Å²) in [6.45, 7) is 2.06. The SMILES string of the molecule is CCCc1ccc([N+](=O)[O-])cc1OC. The Bertz CT molecular complexity index is 336. The number of methoxy groups -OCH3 is 1. The Kier molecular flexibility index (Phi) is 3.45. The molecule has 0 aromatic heterocycles. The second kappa shape index (κ2) is 4.60. The van der Waals surface area contributed by atoms with E-state index in [0.29, 0.717) is 5.75 Å². The van der Waals surface area contributed by atoms with Crippen LogP contribution in [0.25, 0.3) is 0 Å². The average Bonchev–Trinajstić information content (AvgIpc) is 2.18. The Morgan fingerprint density at radius 2 is 2.21 bits per heavy atom. The molecule has 76 valence electrons. The van der Waals surface area contributed by atoms with E-state index in [2.05, 4.69) is 6.92 Å². The van der Waals surface area contributed by atoms with Gasteiger partial charge in [0.05, 0.1) is 18.1 Å². The summed E-state index contributed by atoms with van der Waals surface area (Å²) in [6.07, 6.45) is 1.87. The Labute approximate surface area is 82.7 Å². The summed E-state index contributed by atoms with van der Waals surface area (Å²) in [7, 11) is 1.53. The Morgan fingerprint density at radius 3 is 2.71 bits per heavy atom. The fraction of sp³-hybridized carbons (Fsp3) is 0.400. The number of non-ortho nitro benzene ring substituents is 1. The number of rotatable bonds is 4. The minimum absolute atomic E-state index is 0.0710. The highest BCUT2D eigenvalue weighted by atomic mass is 16.6. The summed E-state index contributed by atoms with van der Waals surface area (Å²) < 4.78 is 5.08. The monoisotopic (exact) mass is 195 g/mol. The molecule has 0 atom stereocenters. The zero-order chi connectivity index (χ0) is 10.6. The molecule has 0 unspecified atom stereocenters. The minimum Gasteiger partial charge on any atom is -0.496 e. The molecule has 0 saturated heterocycles. The molecule has 0 fully saturated rings. The summed E-state index contributed by atoms with van der Waals surface area (Å²) >= 11 is 0. The molecule has 0 spiro atoms. The van der Waals surface area contributed by atoms with Crippen molar-refractivity contribution in [2.75, 3.05) is 7.11 Å². The fourth-order valence-corrected chi connectivity index (χ4v) is 1.32. The van der Waals surface area contributed by atoms with Crippen molar-refractivity contribution in [3.05, 3.63) is 33.9 Å². The number of nitro benzene ring substituents is 1. The van der Waals surface area contributed by atoms with Gasteiger partial charge in [-0.25, -0.2) is 0 Å². The number of benzene rings is 1. The Balaban J connectivity index is 3.04. The summed E-state index contributed by atoms with van der Waals surface area (Å²) in [5, 5.41) is 10.5. The van der Waals surface area contributed by atoms with E-state index < -0.39 is 4.92 Å². The van der Waals surface area contributed by atoms with Crippen LogP contribution in [-0.2, 0) is 6.42 Å². The third kappa shape index (κ3) is 2.22. The van der Waals surface area contributed by atoms with Crippen molar-refractivity contribution < 1.29 is 9.66 Å². The van der Waals surface area contributed by atoms with E-state index in [1.807, 2.05) is 0 Å². The first-order valence-electron chi connectivity index (χ1n) is 4.50. The molecule has 1 aromatic carbocycles. The van der Waals surface area contributed by atoms with E-state index in [9.17, 15) is 10.1 Å². The molecular weight excluding hydrogens is 182 g/mol. The van der Waals surface area contributed by atoms with Gasteiger partial charge >= 0.3 is 0 Å². The molecule has 4 nitrogen and oxygen atoms in total. The van der Waals surface area contributed by atoms with Crippen molar-refractivity contribution in [2.24, 2.45) is 0 Å². The van der Waals surface area contributed by atoms with Crippen LogP contribution in [0.3, 0.4) is 0 Å². The standard InChI is InChI=1S/C10H13NO3/c1-3-4-8-5-6-9(11(12)13)7-10(8)14-2/h5-7H,3-4H2,1-2H3. The second-order valence-corrected chi connectivity index (χ2v) is 3.00. The van der Waals surface area contributed by atoms with Gasteiger partial charge in [0.15, 0.2) is 0 Å². The summed E-state index contributed by atoms with van der Waals surface area (Å²) in [6, 6.07) is 4.72. The lowest BCUT2D eigenvalue weighted by Gasteiger charge is -2.06. The van der Waals surface area contributed by atoms with Gasteiger partial charge in [-0.1, -0.05) is 13.3 Å². The van der Waals surface area contributed by atoms with Crippen molar-refractivity contribution >= 4 is 5.69 Å². The molecule has 1 rings (SSSR count). The number of nitrogens with zero attached hydrogens (tertiary/aromatic N) is 1. The molecule has 0 saturated carbocycles. The largest absolute Gasteiger partial charge is 0.496 e. The Morgan fingerprint density at radius 1 is 1.50 bits per heavy atom. The lowest BCUT2D eigenvalue weighted by atomic mass is 10.1. The van der Waals surface area contributed by atoms with Crippen LogP contribution in [0.15, 0.2) is 18.2 Å². The first kappa shape index (κ1) is 10.5. The average molecular weight is 195 g/mol. The predicted molar refractivity (Wildman–Crippen MR) is 53.6 cm³/mol. The van der Waals surface area contributed by atoms with Crippen LogP contribution in [0.5, 0.6) is 5.75 Å². The highest BCUT2D eigenvalue weighted by Crippen LogP contribution is 2.25. The van der Waals surface area contributed by atoms with Crippen LogP contribution in [0.2, 0.25) is 0 Å². The van der Waals surface area contributed by atoms with Gasteiger partial charge in [-0.05, 0) is 18.1 Å². The summed E-state index contributed by atoms with van der Waals surface area (Å²) in [5.74, 6) is 0.598. The number of hydrogen-bond donors (Lipinski definition) is 0. The topological polar surface area (TPSA) is 52.4 Å². The van der Waals surface area contributed by atoms with Crippen molar-refractivity contribution in [2.45, 2.75) is 19.8 Å². The summed E-state index contributed by atoms with van der Waals surface area (Å²) in [4.78, 5) is 10.1. The summed E-state index contributed by atoms with van der Waals surface area (Å²) in [5.41, 5.74) is 1.09. The molecule has 1 aromatic rings. The molecule has 0 radical (unpaired) electrons. The van der Waals surface area contributed by atoms with Gasteiger partial charge in [-0.3, -0.25) is 10.1 Å². The highest BCUT2D eigenvalue weighted by molar-refractivity contribution is 5.44. The van der Waals surface area contributed by atoms with Gasteiger partial charge in [0, 0.05) is 6.07 Å². The zero-order valence-electron chi connectivity index (χ0n) is 8.32. The third-order valence-electron chi connectivity index (χ3n) is 2.00. The lowest BCUT2D eigenvalue weighted by molar-refractivity contribution is -0.384. The smallest absolute Gasteiger partial charge is 0.273 e. The van der Waals surface area contributed by atoms with Gasteiger partial charge in [0.25, 0.3) is 5.69 Å². The van der Waals surface area contributed by atoms with Crippen LogP contribution in [0.4, 0.5) is 5.69 Å². The van der Waals surface area contributed by atoms with E-state index >= 15 is 0 Å². The van der Waals surface area contributed by atoms with Crippen LogP contribution in [-0.4, -0.2) is 12.0 Å². The van der Waals surface area contributed by atoms with Crippen LogP contribution in [0.1, 0.15) is 18.9 Å². The van der Waals surface area contributed by atoms with Crippen LogP contribution in [0, 0.1) is 10.1 Å². The van der Waals surface area contributed by atoms with E-state index in [1.165, 1.54) is 19.2 Å². The van der Waals surface area contributed by atoms with E-state index in [4.69, 9.17) is 4.74 Å². The van der Waals surface area contributed by atoms with Crippen molar-refractivity contribution in [3.63, 3.8) is 0 Å². The normalized spacial score (nSPS) is 9.86. The van der Waals surface area contributed by atoms with Crippen molar-refractivity contribution in [3.8, 4) is 5.75 Å². The van der Waals surface area contributed by atoms with E-state index in [1.54, 1.807) is 6.07 Å². The minimum atomic E-state index is -0.418. The number of hydrogen-bond acceptors (Lipinski definition) is 3. The first-order chi connectivity index (χ1) is 6.69. The highest BCUT2D eigenvalue weighted by Gasteiger charge is 2.10. The van der Waals surface area contributed by atoms with Gasteiger partial charge in [-0.2, -0.15) is 0 Å². The van der Waals surface area contributed by atoms with E-state index in [0.717, 1.165) is 18.4 Å². The second-order valence-electron chi connectivity index (χ2n) is 3.00. The molecule has 14 heavy (non-hydrogen) atoms. The third-order valence-corrected chi connectivity index (χ3v) is 2.00. The van der Waals surface area contributed by atoms with Gasteiger partial charge in [-0.15, -0.1) is 0 Å². The molecular formula is C10H13NO3. The number of ether oxygens (including phenoxy) is 1. The van der Waals surface area contributed by atoms with Gasteiger partial charge < -0.3 is 4.74 Å². The van der Waals surface area contributed by atoms with Crippen LogP contribution < -0.4 is 4.74 Å². The lowest BCUT2D eigenvalue weighted by Crippen LogP contribution is -1.94. The molecule has 0 aliphatic heterocycles. The van der Waals surface area contributed by atoms with Crippen LogP contribution >= 0.6 is 0 Å². The van der Waals surface area contributed by atoms with Crippen molar-refractivity contribution in [1.82, 2.24) is 0 Å². The maximum atomic E-state index is 10.5. The molecule has 0 heterocycles. The molecule has 0 aliphatic carbocycles. The first-order valence-corrected chi connectivity index (χ1v) is 4.50. The molecule has 0 N–H and O–H groups in total. The van der Waals surface area contributed by atoms with Gasteiger partial charge in [0.1, 0.15) is 5.75 Å². The fourth-order valence-electron chi connectivity index (χ4n) is 1.32. The molecule has 4 heteroatoms. The number of aryl methyl sites for hydroxylation is 1. The molecule has 0 amide bonds. The predicted octanol–water partition coefficient (Wildman–Crippen LogP) is 2.56. The van der Waals surface area contributed by atoms with E-state index in [-0.39, 0.29) is 5.69 Å². The Hall–Kier alpha value is -1.58. The zero-order valence-corrected chi connectivity index (χ0v) is 8.32. The maximum absolute atomic E-state index is 10.5. The quantitative estimate of drug-likeness (QED) is 0.548. The molecule has 0 aliphatic rings.